The molecule has 0 radical (unpaired) electrons. The van der Waals surface area contributed by atoms with Gasteiger partial charge in [-0.25, -0.2) is 9.48 Å². The van der Waals surface area contributed by atoms with Gasteiger partial charge in [0.05, 0.1) is 17.6 Å². The minimum atomic E-state index is -0.509. The van der Waals surface area contributed by atoms with Crippen LogP contribution in [0.5, 0.6) is 0 Å². The Balaban J connectivity index is 1.25. The third-order valence-electron chi connectivity index (χ3n) is 6.80. The summed E-state index contributed by atoms with van der Waals surface area (Å²) in [6, 6.07) is 14.3. The van der Waals surface area contributed by atoms with Gasteiger partial charge in [0.1, 0.15) is 5.60 Å². The number of hydrogen-bond donors (Lipinski definition) is 2. The molecule has 2 aromatic carbocycles. The SMILES string of the molecule is CCCCc1cn(-c2ccc(C(=O)NNC(=O)c3ccc(C4CCN(C(=O)OC(C)(C)C)CC4)cc3)cc2)nn1. The summed E-state index contributed by atoms with van der Waals surface area (Å²) in [5.41, 5.74) is 8.14. The number of carbonyl (C=O) groups excluding carboxylic acids is 3. The number of amides is 3. The van der Waals surface area contributed by atoms with E-state index in [-0.39, 0.29) is 6.09 Å². The molecule has 212 valence electrons. The minimum absolute atomic E-state index is 0.275. The summed E-state index contributed by atoms with van der Waals surface area (Å²) in [4.78, 5) is 39.2. The number of nitrogens with zero attached hydrogens (tertiary/aromatic N) is 4. The van der Waals surface area contributed by atoms with Crippen LogP contribution < -0.4 is 10.9 Å². The summed E-state index contributed by atoms with van der Waals surface area (Å²) in [5.74, 6) is -0.520. The average molecular weight is 547 g/mol. The zero-order chi connectivity index (χ0) is 28.7. The summed E-state index contributed by atoms with van der Waals surface area (Å²) in [7, 11) is 0. The van der Waals surface area contributed by atoms with Gasteiger partial charge in [-0.3, -0.25) is 20.4 Å². The first-order valence-electron chi connectivity index (χ1n) is 13.8. The molecule has 10 heteroatoms. The molecule has 1 saturated heterocycles. The number of likely N-dealkylation sites (tertiary alicyclic amines) is 1. The number of ether oxygens (including phenoxy) is 1. The number of aryl methyl sites for hydroxylation is 1. The van der Waals surface area contributed by atoms with Gasteiger partial charge in [-0.2, -0.15) is 0 Å². The number of hydrogen-bond acceptors (Lipinski definition) is 6. The van der Waals surface area contributed by atoms with Crippen molar-refractivity contribution < 1.29 is 19.1 Å². The van der Waals surface area contributed by atoms with Crippen molar-refractivity contribution >= 4 is 17.9 Å². The number of benzene rings is 2. The Labute approximate surface area is 235 Å². The molecule has 1 fully saturated rings. The van der Waals surface area contributed by atoms with Crippen molar-refractivity contribution in [3.8, 4) is 5.69 Å². The molecule has 40 heavy (non-hydrogen) atoms. The van der Waals surface area contributed by atoms with E-state index in [2.05, 4.69) is 28.1 Å². The van der Waals surface area contributed by atoms with E-state index in [1.54, 1.807) is 46.0 Å². The van der Waals surface area contributed by atoms with E-state index < -0.39 is 17.4 Å². The minimum Gasteiger partial charge on any atom is -0.444 e. The van der Waals surface area contributed by atoms with Crippen LogP contribution in [0, 0.1) is 0 Å². The van der Waals surface area contributed by atoms with Crippen LogP contribution in [-0.4, -0.2) is 56.5 Å². The van der Waals surface area contributed by atoms with Crippen LogP contribution in [0.1, 0.15) is 91.3 Å². The molecular weight excluding hydrogens is 508 g/mol. The van der Waals surface area contributed by atoms with E-state index in [1.807, 2.05) is 39.1 Å². The largest absolute Gasteiger partial charge is 0.444 e. The quantitative estimate of drug-likeness (QED) is 0.411. The van der Waals surface area contributed by atoms with Gasteiger partial charge >= 0.3 is 6.09 Å². The number of nitrogens with one attached hydrogen (secondary N) is 2. The normalized spacial score (nSPS) is 14.1. The molecule has 1 aliphatic heterocycles. The van der Waals surface area contributed by atoms with Gasteiger partial charge in [0.2, 0.25) is 0 Å². The number of unbranched alkanes of at least 4 members (excludes halogenated alkanes) is 1. The predicted molar refractivity (Wildman–Crippen MR) is 151 cm³/mol. The van der Waals surface area contributed by atoms with Gasteiger partial charge in [-0.1, -0.05) is 30.7 Å². The molecule has 0 unspecified atom stereocenters. The third kappa shape index (κ3) is 7.68. The Morgan fingerprint density at radius 1 is 0.925 bits per heavy atom. The molecule has 0 spiro atoms. The predicted octanol–water partition coefficient (Wildman–Crippen LogP) is 4.80. The van der Waals surface area contributed by atoms with Crippen LogP contribution in [0.2, 0.25) is 0 Å². The number of piperidine rings is 1. The monoisotopic (exact) mass is 546 g/mol. The first-order chi connectivity index (χ1) is 19.1. The molecule has 2 N–H and O–H groups in total. The summed E-state index contributed by atoms with van der Waals surface area (Å²) in [5, 5.41) is 8.34. The fraction of sp³-hybridized carbons (Fsp3) is 0.433. The molecule has 0 saturated carbocycles. The highest BCUT2D eigenvalue weighted by Gasteiger charge is 2.27. The van der Waals surface area contributed by atoms with E-state index in [4.69, 9.17) is 4.74 Å². The van der Waals surface area contributed by atoms with Crippen molar-refractivity contribution in [1.29, 1.82) is 0 Å². The Hall–Kier alpha value is -4.21. The van der Waals surface area contributed by atoms with Crippen molar-refractivity contribution in [2.24, 2.45) is 0 Å². The van der Waals surface area contributed by atoms with Crippen LogP contribution >= 0.6 is 0 Å². The van der Waals surface area contributed by atoms with Gasteiger partial charge in [0.25, 0.3) is 11.8 Å². The van der Waals surface area contributed by atoms with Crippen molar-refractivity contribution in [1.82, 2.24) is 30.7 Å². The topological polar surface area (TPSA) is 118 Å². The molecule has 3 aromatic rings. The summed E-state index contributed by atoms with van der Waals surface area (Å²) in [6.45, 7) is 8.99. The highest BCUT2D eigenvalue weighted by Crippen LogP contribution is 2.29. The second-order valence-electron chi connectivity index (χ2n) is 11.1. The lowest BCUT2D eigenvalue weighted by Gasteiger charge is -2.33. The van der Waals surface area contributed by atoms with Crippen LogP contribution in [0.25, 0.3) is 5.69 Å². The molecular formula is C30H38N6O4. The molecule has 2 heterocycles. The van der Waals surface area contributed by atoms with E-state index >= 15 is 0 Å². The molecule has 0 bridgehead atoms. The highest BCUT2D eigenvalue weighted by molar-refractivity contribution is 5.99. The first-order valence-corrected chi connectivity index (χ1v) is 13.8. The lowest BCUT2D eigenvalue weighted by molar-refractivity contribution is 0.0204. The smallest absolute Gasteiger partial charge is 0.410 e. The second-order valence-corrected chi connectivity index (χ2v) is 11.1. The molecule has 0 atom stereocenters. The summed E-state index contributed by atoms with van der Waals surface area (Å²) >= 11 is 0. The summed E-state index contributed by atoms with van der Waals surface area (Å²) < 4.78 is 7.15. The van der Waals surface area contributed by atoms with Gasteiger partial charge in [-0.05, 0) is 94.3 Å². The lowest BCUT2D eigenvalue weighted by atomic mass is 9.89. The van der Waals surface area contributed by atoms with Crippen molar-refractivity contribution in [2.75, 3.05) is 13.1 Å². The number of aromatic nitrogens is 3. The van der Waals surface area contributed by atoms with E-state index in [0.717, 1.165) is 49.0 Å². The number of carbonyl (C=O) groups is 3. The number of rotatable bonds is 7. The van der Waals surface area contributed by atoms with E-state index in [1.165, 1.54) is 0 Å². The molecule has 10 nitrogen and oxygen atoms in total. The van der Waals surface area contributed by atoms with Crippen LogP contribution in [-0.2, 0) is 11.2 Å². The van der Waals surface area contributed by atoms with E-state index in [9.17, 15) is 14.4 Å². The third-order valence-corrected chi connectivity index (χ3v) is 6.80. The maximum atomic E-state index is 12.6. The van der Waals surface area contributed by atoms with E-state index in [0.29, 0.717) is 30.1 Å². The van der Waals surface area contributed by atoms with Gasteiger partial charge in [-0.15, -0.1) is 5.10 Å². The fourth-order valence-corrected chi connectivity index (χ4v) is 4.55. The van der Waals surface area contributed by atoms with Crippen LogP contribution in [0.3, 0.4) is 0 Å². The Morgan fingerprint density at radius 3 is 2.05 bits per heavy atom. The molecule has 0 aliphatic carbocycles. The Bertz CT molecular complexity index is 1300. The zero-order valence-corrected chi connectivity index (χ0v) is 23.6. The average Bonchev–Trinajstić information content (AvgIpc) is 3.43. The number of hydrazine groups is 1. The standard InChI is InChI=1S/C30H38N6O4/c1-5-6-7-25-20-36(34-31-25)26-14-12-24(13-15-26)28(38)33-32-27(37)23-10-8-21(9-11-23)22-16-18-35(19-17-22)29(39)40-30(2,3)4/h8-15,20,22H,5-7,16-19H2,1-4H3,(H,32,37)(H,33,38). The Kier molecular flexibility index (Phi) is 9.19. The Morgan fingerprint density at radius 2 is 1.50 bits per heavy atom. The molecule has 3 amide bonds. The first kappa shape index (κ1) is 28.8. The van der Waals surface area contributed by atoms with Crippen molar-refractivity contribution in [2.45, 2.75) is 71.3 Å². The van der Waals surface area contributed by atoms with Crippen molar-refractivity contribution in [3.05, 3.63) is 77.1 Å². The zero-order valence-electron chi connectivity index (χ0n) is 23.6. The maximum absolute atomic E-state index is 12.6. The molecule has 1 aliphatic rings. The van der Waals surface area contributed by atoms with Crippen molar-refractivity contribution in [3.63, 3.8) is 0 Å². The molecule has 1 aromatic heterocycles. The maximum Gasteiger partial charge on any atom is 0.410 e. The fourth-order valence-electron chi connectivity index (χ4n) is 4.55. The van der Waals surface area contributed by atoms with Gasteiger partial charge in [0, 0.05) is 24.2 Å². The highest BCUT2D eigenvalue weighted by atomic mass is 16.6. The second kappa shape index (κ2) is 12.8. The van der Waals surface area contributed by atoms with Crippen LogP contribution in [0.15, 0.2) is 54.7 Å². The van der Waals surface area contributed by atoms with Gasteiger partial charge < -0.3 is 9.64 Å². The summed E-state index contributed by atoms with van der Waals surface area (Å²) in [6.07, 6.45) is 6.31. The lowest BCUT2D eigenvalue weighted by Crippen LogP contribution is -2.41. The van der Waals surface area contributed by atoms with Crippen LogP contribution in [0.4, 0.5) is 4.79 Å². The van der Waals surface area contributed by atoms with Gasteiger partial charge in [0.15, 0.2) is 0 Å². The molecule has 4 rings (SSSR count).